The molecule has 0 rings (SSSR count). The normalized spacial score (nSPS) is 7.85. The van der Waals surface area contributed by atoms with Crippen molar-refractivity contribution in [1.82, 2.24) is 5.32 Å². The second-order valence-corrected chi connectivity index (χ2v) is 1.96. The van der Waals surface area contributed by atoms with Gasteiger partial charge in [-0.25, -0.2) is 4.79 Å². The maximum absolute atomic E-state index is 10.5. The van der Waals surface area contributed by atoms with Gasteiger partial charge in [0.15, 0.2) is 13.2 Å². The van der Waals surface area contributed by atoms with Gasteiger partial charge in [-0.05, 0) is 0 Å². The van der Waals surface area contributed by atoms with Crippen LogP contribution in [0.25, 0.3) is 0 Å². The largest absolute Gasteiger partial charge is 0.453 e. The van der Waals surface area contributed by atoms with E-state index in [0.29, 0.717) is 0 Å². The monoisotopic (exact) mass is 185 g/mol. The molecule has 0 aromatic carbocycles. The van der Waals surface area contributed by atoms with Crippen LogP contribution >= 0.6 is 0 Å². The molecule has 5 nitrogen and oxygen atoms in total. The molecule has 0 unspecified atom stereocenters. The summed E-state index contributed by atoms with van der Waals surface area (Å²) in [6.07, 6.45) is -0.540. The van der Waals surface area contributed by atoms with Gasteiger partial charge in [0, 0.05) is 14.0 Å². The predicted octanol–water partition coefficient (Wildman–Crippen LogP) is -0.0911. The zero-order valence-corrected chi connectivity index (χ0v) is 7.55. The molecule has 0 heterocycles. The summed E-state index contributed by atoms with van der Waals surface area (Å²) in [5, 5.41) is 2.26. The minimum Gasteiger partial charge on any atom is -0.453 e. The van der Waals surface area contributed by atoms with Crippen LogP contribution in [-0.4, -0.2) is 32.3 Å². The average Bonchev–Trinajstić information content (AvgIpc) is 2.10. The number of esters is 1. The first-order valence-corrected chi connectivity index (χ1v) is 3.60. The molecule has 0 radical (unpaired) electrons. The van der Waals surface area contributed by atoms with E-state index in [1.807, 2.05) is 0 Å². The van der Waals surface area contributed by atoms with Crippen LogP contribution in [0, 0.1) is 11.8 Å². The van der Waals surface area contributed by atoms with Crippen molar-refractivity contribution >= 4 is 12.1 Å². The molecule has 0 aliphatic carbocycles. The number of nitrogens with one attached hydrogen (secondary N) is 1. The van der Waals surface area contributed by atoms with Gasteiger partial charge in [-0.15, -0.1) is 0 Å². The number of ether oxygens (including phenoxy) is 2. The van der Waals surface area contributed by atoms with Crippen LogP contribution in [-0.2, 0) is 14.3 Å². The SMILES string of the molecule is CNC(=O)OCC#CCOC(C)=O. The van der Waals surface area contributed by atoms with Gasteiger partial charge in [0.2, 0.25) is 0 Å². The van der Waals surface area contributed by atoms with E-state index in [1.165, 1.54) is 14.0 Å². The molecule has 0 aliphatic heterocycles. The lowest BCUT2D eigenvalue weighted by Gasteiger charge is -1.96. The second-order valence-electron chi connectivity index (χ2n) is 1.96. The van der Waals surface area contributed by atoms with Crippen LogP contribution in [0.3, 0.4) is 0 Å². The van der Waals surface area contributed by atoms with Crippen molar-refractivity contribution in [2.45, 2.75) is 6.92 Å². The minimum atomic E-state index is -0.540. The van der Waals surface area contributed by atoms with Gasteiger partial charge in [0.1, 0.15) is 0 Å². The lowest BCUT2D eigenvalue weighted by atomic mass is 10.6. The lowest BCUT2D eigenvalue weighted by Crippen LogP contribution is -2.19. The molecule has 0 aliphatic rings. The van der Waals surface area contributed by atoms with Crippen molar-refractivity contribution in [1.29, 1.82) is 0 Å². The fourth-order valence-electron chi connectivity index (χ4n) is 0.414. The van der Waals surface area contributed by atoms with E-state index < -0.39 is 6.09 Å². The summed E-state index contributed by atoms with van der Waals surface area (Å²) < 4.78 is 9.04. The van der Waals surface area contributed by atoms with Gasteiger partial charge in [-0.3, -0.25) is 4.79 Å². The van der Waals surface area contributed by atoms with Crippen molar-refractivity contribution in [3.8, 4) is 11.8 Å². The third kappa shape index (κ3) is 8.20. The topological polar surface area (TPSA) is 64.6 Å². The molecule has 0 saturated heterocycles. The third-order valence-corrected chi connectivity index (χ3v) is 0.952. The van der Waals surface area contributed by atoms with Gasteiger partial charge in [0.05, 0.1) is 0 Å². The van der Waals surface area contributed by atoms with E-state index in [4.69, 9.17) is 0 Å². The highest BCUT2D eigenvalue weighted by Gasteiger charge is 1.92. The standard InChI is InChI=1S/C8H11NO4/c1-7(10)12-5-3-4-6-13-8(11)9-2/h5-6H2,1-2H3,(H,9,11). The molecule has 0 aromatic heterocycles. The average molecular weight is 185 g/mol. The lowest BCUT2D eigenvalue weighted by molar-refractivity contribution is -0.139. The number of hydrogen-bond donors (Lipinski definition) is 1. The Kier molecular flexibility index (Phi) is 6.06. The number of amides is 1. The van der Waals surface area contributed by atoms with Crippen LogP contribution < -0.4 is 5.32 Å². The summed E-state index contributed by atoms with van der Waals surface area (Å²) in [6, 6.07) is 0. The molecule has 0 bridgehead atoms. The molecular weight excluding hydrogens is 174 g/mol. The Balaban J connectivity index is 3.40. The van der Waals surface area contributed by atoms with Crippen LogP contribution in [0.1, 0.15) is 6.92 Å². The Hall–Kier alpha value is -1.70. The molecule has 13 heavy (non-hydrogen) atoms. The van der Waals surface area contributed by atoms with Gasteiger partial charge in [0.25, 0.3) is 0 Å². The van der Waals surface area contributed by atoms with E-state index in [0.717, 1.165) is 0 Å². The van der Waals surface area contributed by atoms with Gasteiger partial charge in [-0.1, -0.05) is 11.8 Å². The summed E-state index contributed by atoms with van der Waals surface area (Å²) in [6.45, 7) is 1.30. The highest BCUT2D eigenvalue weighted by atomic mass is 16.5. The van der Waals surface area contributed by atoms with Gasteiger partial charge < -0.3 is 14.8 Å². The van der Waals surface area contributed by atoms with Crippen molar-refractivity contribution in [2.24, 2.45) is 0 Å². The fourth-order valence-corrected chi connectivity index (χ4v) is 0.414. The highest BCUT2D eigenvalue weighted by Crippen LogP contribution is 1.75. The van der Waals surface area contributed by atoms with Crippen LogP contribution in [0.15, 0.2) is 0 Å². The maximum Gasteiger partial charge on any atom is 0.407 e. The second kappa shape index (κ2) is 6.98. The smallest absolute Gasteiger partial charge is 0.407 e. The first-order valence-electron chi connectivity index (χ1n) is 3.60. The first kappa shape index (κ1) is 11.3. The Morgan fingerprint density at radius 3 is 2.23 bits per heavy atom. The number of alkyl carbamates (subject to hydrolysis) is 1. The van der Waals surface area contributed by atoms with Crippen LogP contribution in [0.2, 0.25) is 0 Å². The van der Waals surface area contributed by atoms with E-state index in [-0.39, 0.29) is 19.2 Å². The number of carbonyl (C=O) groups excluding carboxylic acids is 2. The summed E-state index contributed by atoms with van der Waals surface area (Å²) in [5.74, 6) is 4.61. The van der Waals surface area contributed by atoms with Gasteiger partial charge >= 0.3 is 12.1 Å². The quantitative estimate of drug-likeness (QED) is 0.482. The summed E-state index contributed by atoms with van der Waals surface area (Å²) in [7, 11) is 1.45. The molecule has 5 heteroatoms. The van der Waals surface area contributed by atoms with Crippen LogP contribution in [0.5, 0.6) is 0 Å². The molecule has 0 spiro atoms. The highest BCUT2D eigenvalue weighted by molar-refractivity contribution is 5.67. The Morgan fingerprint density at radius 1 is 1.23 bits per heavy atom. The summed E-state index contributed by atoms with van der Waals surface area (Å²) in [5.41, 5.74) is 0. The Bertz CT molecular complexity index is 238. The first-order chi connectivity index (χ1) is 6.16. The van der Waals surface area contributed by atoms with E-state index in [2.05, 4.69) is 26.6 Å². The summed E-state index contributed by atoms with van der Waals surface area (Å²) >= 11 is 0. The molecule has 0 saturated carbocycles. The zero-order valence-electron chi connectivity index (χ0n) is 7.55. The van der Waals surface area contributed by atoms with Crippen molar-refractivity contribution in [2.75, 3.05) is 20.3 Å². The van der Waals surface area contributed by atoms with E-state index in [1.54, 1.807) is 0 Å². The van der Waals surface area contributed by atoms with E-state index in [9.17, 15) is 9.59 Å². The van der Waals surface area contributed by atoms with Crippen molar-refractivity contribution < 1.29 is 19.1 Å². The third-order valence-electron chi connectivity index (χ3n) is 0.952. The minimum absolute atomic E-state index is 0.0130. The van der Waals surface area contributed by atoms with Gasteiger partial charge in [-0.2, -0.15) is 0 Å². The van der Waals surface area contributed by atoms with E-state index >= 15 is 0 Å². The zero-order chi connectivity index (χ0) is 10.1. The van der Waals surface area contributed by atoms with Crippen molar-refractivity contribution in [3.05, 3.63) is 0 Å². The molecule has 1 amide bonds. The number of carbonyl (C=O) groups is 2. The Morgan fingerprint density at radius 2 is 1.77 bits per heavy atom. The maximum atomic E-state index is 10.5. The number of hydrogen-bond acceptors (Lipinski definition) is 4. The predicted molar refractivity (Wildman–Crippen MR) is 44.8 cm³/mol. The molecular formula is C8H11NO4. The summed E-state index contributed by atoms with van der Waals surface area (Å²) in [4.78, 5) is 20.7. The molecule has 0 atom stereocenters. The molecule has 1 N–H and O–H groups in total. The Labute approximate surface area is 76.4 Å². The molecule has 72 valence electrons. The molecule has 0 aromatic rings. The van der Waals surface area contributed by atoms with Crippen LogP contribution in [0.4, 0.5) is 4.79 Å². The van der Waals surface area contributed by atoms with Crippen molar-refractivity contribution in [3.63, 3.8) is 0 Å². The number of rotatable bonds is 2. The fraction of sp³-hybridized carbons (Fsp3) is 0.500. The molecule has 0 fully saturated rings.